The third kappa shape index (κ3) is 5.24. The number of aliphatic hydroxyl groups is 1. The third-order valence-corrected chi connectivity index (χ3v) is 4.70. The maximum Gasteiger partial charge on any atom is 0.433 e. The lowest BCUT2D eigenvalue weighted by atomic mass is 10.1. The monoisotopic (exact) mass is 414 g/mol. The van der Waals surface area contributed by atoms with Gasteiger partial charge in [-0.3, -0.25) is 9.78 Å². The average molecular weight is 414 g/mol. The second-order valence-corrected chi connectivity index (χ2v) is 6.94. The van der Waals surface area contributed by atoms with Crippen LogP contribution in [0.2, 0.25) is 0 Å². The molecule has 0 aliphatic heterocycles. The first-order chi connectivity index (χ1) is 14.3. The lowest BCUT2D eigenvalue weighted by Gasteiger charge is -2.26. The molecular formula is C23H21F3N2O2. The van der Waals surface area contributed by atoms with Gasteiger partial charge in [0.25, 0.3) is 5.91 Å². The Balaban J connectivity index is 1.81. The molecule has 1 heterocycles. The Bertz CT molecular complexity index is 972. The van der Waals surface area contributed by atoms with Crippen molar-refractivity contribution in [2.75, 3.05) is 11.4 Å². The van der Waals surface area contributed by atoms with Crippen LogP contribution in [0.1, 0.15) is 28.5 Å². The molecule has 7 heteroatoms. The number of amides is 1. The SMILES string of the molecule is Cc1ccc(N(CCc2ccc(C(F)(F)F)nc2)C(=O)[C@@H](O)c2ccccc2)cc1. The Morgan fingerprint density at radius 1 is 1.03 bits per heavy atom. The molecule has 0 aliphatic rings. The summed E-state index contributed by atoms with van der Waals surface area (Å²) in [5.41, 5.74) is 1.68. The van der Waals surface area contributed by atoms with Crippen molar-refractivity contribution < 1.29 is 23.1 Å². The molecule has 3 rings (SSSR count). The summed E-state index contributed by atoms with van der Waals surface area (Å²) < 4.78 is 38.1. The van der Waals surface area contributed by atoms with E-state index >= 15 is 0 Å². The Morgan fingerprint density at radius 3 is 2.27 bits per heavy atom. The van der Waals surface area contributed by atoms with Crippen LogP contribution in [0.15, 0.2) is 72.9 Å². The number of anilines is 1. The number of aryl methyl sites for hydroxylation is 1. The van der Waals surface area contributed by atoms with Crippen molar-refractivity contribution in [2.45, 2.75) is 25.6 Å². The summed E-state index contributed by atoms with van der Waals surface area (Å²) in [6, 6.07) is 18.1. The number of alkyl halides is 3. The van der Waals surface area contributed by atoms with Crippen LogP contribution in [0.25, 0.3) is 0 Å². The zero-order valence-corrected chi connectivity index (χ0v) is 16.3. The molecule has 0 radical (unpaired) electrons. The van der Waals surface area contributed by atoms with E-state index in [-0.39, 0.29) is 13.0 Å². The molecule has 2 aromatic carbocycles. The summed E-state index contributed by atoms with van der Waals surface area (Å²) in [6.45, 7) is 2.10. The number of hydrogen-bond donors (Lipinski definition) is 1. The second kappa shape index (κ2) is 9.09. The largest absolute Gasteiger partial charge is 0.433 e. The summed E-state index contributed by atoms with van der Waals surface area (Å²) in [5, 5.41) is 10.6. The number of carbonyl (C=O) groups excluding carboxylic acids is 1. The van der Waals surface area contributed by atoms with Gasteiger partial charge in [-0.2, -0.15) is 13.2 Å². The van der Waals surface area contributed by atoms with E-state index in [1.54, 1.807) is 42.5 Å². The average Bonchev–Trinajstić information content (AvgIpc) is 2.74. The molecule has 1 amide bonds. The van der Waals surface area contributed by atoms with Crippen molar-refractivity contribution in [3.8, 4) is 0 Å². The van der Waals surface area contributed by atoms with E-state index in [0.29, 0.717) is 16.8 Å². The zero-order valence-electron chi connectivity index (χ0n) is 16.3. The van der Waals surface area contributed by atoms with Gasteiger partial charge >= 0.3 is 6.18 Å². The molecule has 0 saturated heterocycles. The van der Waals surface area contributed by atoms with Crippen molar-refractivity contribution in [1.29, 1.82) is 0 Å². The van der Waals surface area contributed by atoms with E-state index < -0.39 is 23.9 Å². The number of aliphatic hydroxyl groups excluding tert-OH is 1. The topological polar surface area (TPSA) is 53.4 Å². The lowest BCUT2D eigenvalue weighted by Crippen LogP contribution is -2.37. The van der Waals surface area contributed by atoms with Crippen LogP contribution in [-0.4, -0.2) is 22.5 Å². The Labute approximate surface area is 172 Å². The summed E-state index contributed by atoms with van der Waals surface area (Å²) in [4.78, 5) is 17.9. The molecule has 0 aliphatic carbocycles. The van der Waals surface area contributed by atoms with Crippen molar-refractivity contribution >= 4 is 11.6 Å². The molecule has 1 atom stereocenters. The van der Waals surface area contributed by atoms with E-state index in [4.69, 9.17) is 0 Å². The van der Waals surface area contributed by atoms with Crippen molar-refractivity contribution in [1.82, 2.24) is 4.98 Å². The van der Waals surface area contributed by atoms with E-state index in [1.165, 1.54) is 11.0 Å². The molecule has 0 bridgehead atoms. The van der Waals surface area contributed by atoms with Crippen LogP contribution < -0.4 is 4.90 Å². The number of nitrogens with zero attached hydrogens (tertiary/aromatic N) is 2. The normalized spacial score (nSPS) is 12.4. The molecule has 0 saturated carbocycles. The smallest absolute Gasteiger partial charge is 0.378 e. The minimum atomic E-state index is -4.50. The van der Waals surface area contributed by atoms with Crippen LogP contribution in [0, 0.1) is 6.92 Å². The number of pyridine rings is 1. The van der Waals surface area contributed by atoms with Gasteiger partial charge in [0, 0.05) is 18.4 Å². The maximum atomic E-state index is 13.0. The fraction of sp³-hybridized carbons (Fsp3) is 0.217. The van der Waals surface area contributed by atoms with E-state index in [2.05, 4.69) is 4.98 Å². The molecule has 156 valence electrons. The van der Waals surface area contributed by atoms with Crippen molar-refractivity contribution in [2.24, 2.45) is 0 Å². The first kappa shape index (κ1) is 21.5. The number of carbonyl (C=O) groups is 1. The summed E-state index contributed by atoms with van der Waals surface area (Å²) in [6.07, 6.45) is -4.40. The lowest BCUT2D eigenvalue weighted by molar-refractivity contribution is -0.141. The Morgan fingerprint density at radius 2 is 1.70 bits per heavy atom. The summed E-state index contributed by atoms with van der Waals surface area (Å²) >= 11 is 0. The molecule has 1 N–H and O–H groups in total. The number of hydrogen-bond acceptors (Lipinski definition) is 3. The molecule has 0 unspecified atom stereocenters. The van der Waals surface area contributed by atoms with E-state index in [1.807, 2.05) is 19.1 Å². The van der Waals surface area contributed by atoms with Crippen LogP contribution >= 0.6 is 0 Å². The standard InChI is InChI=1S/C23H21F3N2O2/c1-16-7-10-19(11-8-16)28(22(30)21(29)18-5-3-2-4-6-18)14-13-17-9-12-20(27-15-17)23(24,25)26/h2-12,15,21,29H,13-14H2,1H3/t21-/m0/s1. The Kier molecular flexibility index (Phi) is 6.52. The van der Waals surface area contributed by atoms with Gasteiger partial charge in [0.15, 0.2) is 6.10 Å². The quantitative estimate of drug-likeness (QED) is 0.635. The van der Waals surface area contributed by atoms with E-state index in [0.717, 1.165) is 17.8 Å². The highest BCUT2D eigenvalue weighted by atomic mass is 19.4. The number of rotatable bonds is 6. The number of benzene rings is 2. The van der Waals surface area contributed by atoms with Crippen molar-refractivity contribution in [3.05, 3.63) is 95.3 Å². The molecule has 3 aromatic rings. The predicted molar refractivity (Wildman–Crippen MR) is 108 cm³/mol. The first-order valence-corrected chi connectivity index (χ1v) is 9.39. The Hall–Kier alpha value is -3.19. The van der Waals surface area contributed by atoms with Gasteiger partial charge in [0.2, 0.25) is 0 Å². The van der Waals surface area contributed by atoms with E-state index in [9.17, 15) is 23.1 Å². The minimum absolute atomic E-state index is 0.179. The van der Waals surface area contributed by atoms with Gasteiger partial charge in [-0.05, 0) is 42.7 Å². The van der Waals surface area contributed by atoms with Gasteiger partial charge in [-0.15, -0.1) is 0 Å². The minimum Gasteiger partial charge on any atom is -0.378 e. The van der Waals surface area contributed by atoms with Crippen LogP contribution in [-0.2, 0) is 17.4 Å². The first-order valence-electron chi connectivity index (χ1n) is 9.39. The highest BCUT2D eigenvalue weighted by Gasteiger charge is 2.32. The van der Waals surface area contributed by atoms with Crippen LogP contribution in [0.5, 0.6) is 0 Å². The molecular weight excluding hydrogens is 393 g/mol. The van der Waals surface area contributed by atoms with Gasteiger partial charge in [0.1, 0.15) is 5.69 Å². The molecule has 0 spiro atoms. The van der Waals surface area contributed by atoms with Gasteiger partial charge in [-0.1, -0.05) is 54.1 Å². The molecule has 0 fully saturated rings. The van der Waals surface area contributed by atoms with Gasteiger partial charge < -0.3 is 10.0 Å². The van der Waals surface area contributed by atoms with Gasteiger partial charge in [-0.25, -0.2) is 0 Å². The third-order valence-electron chi connectivity index (χ3n) is 4.70. The number of aromatic nitrogens is 1. The summed E-state index contributed by atoms with van der Waals surface area (Å²) in [7, 11) is 0. The molecule has 4 nitrogen and oxygen atoms in total. The highest BCUT2D eigenvalue weighted by Crippen LogP contribution is 2.27. The fourth-order valence-electron chi connectivity index (χ4n) is 3.00. The molecule has 1 aromatic heterocycles. The second-order valence-electron chi connectivity index (χ2n) is 6.94. The van der Waals surface area contributed by atoms with Crippen molar-refractivity contribution in [3.63, 3.8) is 0 Å². The summed E-state index contributed by atoms with van der Waals surface area (Å²) in [5.74, 6) is -0.509. The fourth-order valence-corrected chi connectivity index (χ4v) is 3.00. The number of halogens is 3. The van der Waals surface area contributed by atoms with Crippen LogP contribution in [0.3, 0.4) is 0 Å². The zero-order chi connectivity index (χ0) is 21.7. The van der Waals surface area contributed by atoms with Gasteiger partial charge in [0.05, 0.1) is 0 Å². The maximum absolute atomic E-state index is 13.0. The molecule has 30 heavy (non-hydrogen) atoms. The van der Waals surface area contributed by atoms with Crippen LogP contribution in [0.4, 0.5) is 18.9 Å². The predicted octanol–water partition coefficient (Wildman–Crippen LogP) is 4.72. The highest BCUT2D eigenvalue weighted by molar-refractivity contribution is 5.97.